The van der Waals surface area contributed by atoms with Gasteiger partial charge in [-0.2, -0.15) is 0 Å². The number of amides is 1. The van der Waals surface area contributed by atoms with Crippen LogP contribution in [-0.2, 0) is 4.79 Å². The van der Waals surface area contributed by atoms with Gasteiger partial charge in [0.2, 0.25) is 5.91 Å². The first-order valence-electron chi connectivity index (χ1n) is 10.0. The average Bonchev–Trinajstić information content (AvgIpc) is 2.61. The molecule has 3 rings (SSSR count). The van der Waals surface area contributed by atoms with Crippen molar-refractivity contribution in [3.8, 4) is 0 Å². The molecule has 1 N–H and O–H groups in total. The molecule has 0 radical (unpaired) electrons. The number of benzene rings is 1. The molecule has 1 aromatic rings. The highest BCUT2D eigenvalue weighted by atomic mass is 35.5. The van der Waals surface area contributed by atoms with Gasteiger partial charge in [0.1, 0.15) is 0 Å². The van der Waals surface area contributed by atoms with E-state index in [0.29, 0.717) is 24.0 Å². The van der Waals surface area contributed by atoms with E-state index in [-0.39, 0.29) is 5.92 Å². The van der Waals surface area contributed by atoms with Crippen LogP contribution in [0.1, 0.15) is 46.5 Å². The zero-order valence-corrected chi connectivity index (χ0v) is 17.0. The lowest BCUT2D eigenvalue weighted by Crippen LogP contribution is -2.56. The third-order valence-corrected chi connectivity index (χ3v) is 6.16. The summed E-state index contributed by atoms with van der Waals surface area (Å²) in [6.07, 6.45) is 4.06. The van der Waals surface area contributed by atoms with Crippen LogP contribution in [0.25, 0.3) is 0 Å². The van der Waals surface area contributed by atoms with Crippen LogP contribution >= 0.6 is 11.6 Å². The van der Waals surface area contributed by atoms with Gasteiger partial charge in [0.25, 0.3) is 0 Å². The number of halogens is 1. The van der Waals surface area contributed by atoms with Crippen molar-refractivity contribution in [2.45, 2.75) is 64.6 Å². The Bertz CT molecular complexity index is 613. The molecule has 1 saturated heterocycles. The van der Waals surface area contributed by atoms with Crippen LogP contribution < -0.4 is 5.32 Å². The normalized spacial score (nSPS) is 27.6. The first-order chi connectivity index (χ1) is 12.4. The van der Waals surface area contributed by atoms with Crippen LogP contribution in [0.15, 0.2) is 24.3 Å². The fourth-order valence-electron chi connectivity index (χ4n) is 4.50. The summed E-state index contributed by atoms with van der Waals surface area (Å²) in [5.41, 5.74) is 1.07. The van der Waals surface area contributed by atoms with Crippen molar-refractivity contribution in [2.75, 3.05) is 25.0 Å². The topological polar surface area (TPSA) is 35.6 Å². The van der Waals surface area contributed by atoms with Crippen molar-refractivity contribution in [3.63, 3.8) is 0 Å². The van der Waals surface area contributed by atoms with Gasteiger partial charge in [-0.3, -0.25) is 9.69 Å². The third-order valence-electron chi connectivity index (χ3n) is 5.93. The van der Waals surface area contributed by atoms with Crippen molar-refractivity contribution in [2.24, 2.45) is 5.92 Å². The number of piperazine rings is 1. The smallest absolute Gasteiger partial charge is 0.225 e. The average molecular weight is 378 g/mol. The Balaban J connectivity index is 1.48. The maximum atomic E-state index is 13.0. The maximum Gasteiger partial charge on any atom is 0.225 e. The fraction of sp³-hybridized carbons (Fsp3) is 0.667. The molecule has 1 aliphatic carbocycles. The minimum Gasteiger partial charge on any atom is -0.382 e. The molecule has 1 aliphatic heterocycles. The maximum absolute atomic E-state index is 13.0. The van der Waals surface area contributed by atoms with E-state index < -0.39 is 0 Å². The SMILES string of the molecule is CC(C)N1CCN(C(=O)[C@H]2CC[C@H](Nc3cccc(Cl)c3)CC2)CC1C. The minimum absolute atomic E-state index is 0.199. The third kappa shape index (κ3) is 4.72. The fourth-order valence-corrected chi connectivity index (χ4v) is 4.69. The van der Waals surface area contributed by atoms with Gasteiger partial charge in [-0.25, -0.2) is 0 Å². The summed E-state index contributed by atoms with van der Waals surface area (Å²) in [5, 5.41) is 4.33. The lowest BCUT2D eigenvalue weighted by molar-refractivity contribution is -0.139. The molecule has 26 heavy (non-hydrogen) atoms. The first kappa shape index (κ1) is 19.5. The van der Waals surface area contributed by atoms with E-state index in [1.807, 2.05) is 18.2 Å². The van der Waals surface area contributed by atoms with Crippen molar-refractivity contribution < 1.29 is 4.79 Å². The molecule has 0 aromatic heterocycles. The molecule has 5 heteroatoms. The Morgan fingerprint density at radius 3 is 2.54 bits per heavy atom. The van der Waals surface area contributed by atoms with Crippen LogP contribution in [0.4, 0.5) is 5.69 Å². The quantitative estimate of drug-likeness (QED) is 0.851. The molecule has 0 bridgehead atoms. The Morgan fingerprint density at radius 2 is 1.92 bits per heavy atom. The number of anilines is 1. The van der Waals surface area contributed by atoms with E-state index in [1.54, 1.807) is 0 Å². The molecular formula is C21H32ClN3O. The van der Waals surface area contributed by atoms with E-state index in [0.717, 1.165) is 56.0 Å². The summed E-state index contributed by atoms with van der Waals surface area (Å²) in [4.78, 5) is 17.6. The van der Waals surface area contributed by atoms with E-state index in [1.165, 1.54) is 0 Å². The zero-order valence-electron chi connectivity index (χ0n) is 16.2. The molecule has 0 spiro atoms. The van der Waals surface area contributed by atoms with Crippen LogP contribution in [0.5, 0.6) is 0 Å². The van der Waals surface area contributed by atoms with Crippen LogP contribution in [0.3, 0.4) is 0 Å². The van der Waals surface area contributed by atoms with Crippen LogP contribution in [-0.4, -0.2) is 53.5 Å². The summed E-state index contributed by atoms with van der Waals surface area (Å²) in [6, 6.07) is 9.32. The number of carbonyl (C=O) groups is 1. The highest BCUT2D eigenvalue weighted by Crippen LogP contribution is 2.29. The van der Waals surface area contributed by atoms with Crippen LogP contribution in [0, 0.1) is 5.92 Å². The predicted octanol–water partition coefficient (Wildman–Crippen LogP) is 4.25. The molecule has 4 nitrogen and oxygen atoms in total. The Hall–Kier alpha value is -1.26. The second kappa shape index (κ2) is 8.62. The first-order valence-corrected chi connectivity index (χ1v) is 10.4. The standard InChI is InChI=1S/C21H32ClN3O/c1-15(2)25-12-11-24(14-16(25)3)21(26)17-7-9-19(10-8-17)23-20-6-4-5-18(22)13-20/h4-6,13,15-17,19,23H,7-12,14H2,1-3H3/t16?,17-,19-. The molecule has 1 aromatic carbocycles. The number of carbonyl (C=O) groups excluding carboxylic acids is 1. The predicted molar refractivity (Wildman–Crippen MR) is 109 cm³/mol. The lowest BCUT2D eigenvalue weighted by atomic mass is 9.84. The largest absolute Gasteiger partial charge is 0.382 e. The molecule has 1 unspecified atom stereocenters. The minimum atomic E-state index is 0.199. The van der Waals surface area contributed by atoms with Crippen molar-refractivity contribution in [1.29, 1.82) is 0 Å². The molecule has 1 atom stereocenters. The van der Waals surface area contributed by atoms with Gasteiger partial charge in [0, 0.05) is 54.4 Å². The Morgan fingerprint density at radius 1 is 1.19 bits per heavy atom. The summed E-state index contributed by atoms with van der Waals surface area (Å²) < 4.78 is 0. The van der Waals surface area contributed by atoms with E-state index in [4.69, 9.17) is 11.6 Å². The van der Waals surface area contributed by atoms with Gasteiger partial charge >= 0.3 is 0 Å². The molecule has 144 valence electrons. The highest BCUT2D eigenvalue weighted by Gasteiger charge is 2.33. The second-order valence-electron chi connectivity index (χ2n) is 8.17. The second-order valence-corrected chi connectivity index (χ2v) is 8.60. The molecule has 1 amide bonds. The molecule has 1 heterocycles. The van der Waals surface area contributed by atoms with Gasteiger partial charge < -0.3 is 10.2 Å². The van der Waals surface area contributed by atoms with E-state index >= 15 is 0 Å². The van der Waals surface area contributed by atoms with Gasteiger partial charge in [-0.05, 0) is 64.7 Å². The monoisotopic (exact) mass is 377 g/mol. The van der Waals surface area contributed by atoms with Crippen molar-refractivity contribution in [3.05, 3.63) is 29.3 Å². The summed E-state index contributed by atoms with van der Waals surface area (Å²) in [6.45, 7) is 9.46. The summed E-state index contributed by atoms with van der Waals surface area (Å²) in [5.74, 6) is 0.576. The summed E-state index contributed by atoms with van der Waals surface area (Å²) in [7, 11) is 0. The number of hydrogen-bond acceptors (Lipinski definition) is 3. The number of nitrogens with zero attached hydrogens (tertiary/aromatic N) is 2. The Kier molecular flexibility index (Phi) is 6.46. The van der Waals surface area contributed by atoms with Gasteiger partial charge in [-0.15, -0.1) is 0 Å². The van der Waals surface area contributed by atoms with E-state index in [2.05, 4.69) is 42.0 Å². The lowest BCUT2D eigenvalue weighted by Gasteiger charge is -2.43. The van der Waals surface area contributed by atoms with E-state index in [9.17, 15) is 4.79 Å². The van der Waals surface area contributed by atoms with Crippen molar-refractivity contribution >= 4 is 23.2 Å². The van der Waals surface area contributed by atoms with Crippen LogP contribution in [0.2, 0.25) is 5.02 Å². The molecule has 1 saturated carbocycles. The number of rotatable bonds is 4. The zero-order chi connectivity index (χ0) is 18.7. The van der Waals surface area contributed by atoms with Gasteiger partial charge in [0.05, 0.1) is 0 Å². The summed E-state index contributed by atoms with van der Waals surface area (Å²) >= 11 is 6.06. The van der Waals surface area contributed by atoms with Gasteiger partial charge in [-0.1, -0.05) is 17.7 Å². The number of hydrogen-bond donors (Lipinski definition) is 1. The number of nitrogens with one attached hydrogen (secondary N) is 1. The molecular weight excluding hydrogens is 346 g/mol. The molecule has 2 aliphatic rings. The van der Waals surface area contributed by atoms with Gasteiger partial charge in [0.15, 0.2) is 0 Å². The highest BCUT2D eigenvalue weighted by molar-refractivity contribution is 6.30. The Labute approximate surface area is 162 Å². The molecule has 2 fully saturated rings. The van der Waals surface area contributed by atoms with Crippen molar-refractivity contribution in [1.82, 2.24) is 9.80 Å².